The predicted molar refractivity (Wildman–Crippen MR) is 78.6 cm³/mol. The lowest BCUT2D eigenvalue weighted by Crippen LogP contribution is -2.33. The second kappa shape index (κ2) is 7.14. The molecule has 1 aromatic rings. The normalized spacial score (nSPS) is 16.6. The van der Waals surface area contributed by atoms with Crippen molar-refractivity contribution >= 4 is 17.5 Å². The minimum absolute atomic E-state index is 0.0791. The molecule has 2 heterocycles. The number of aromatic nitrogens is 2. The van der Waals surface area contributed by atoms with Gasteiger partial charge in [0.15, 0.2) is 0 Å². The molecule has 0 spiro atoms. The summed E-state index contributed by atoms with van der Waals surface area (Å²) in [6, 6.07) is 0. The van der Waals surface area contributed by atoms with Gasteiger partial charge in [-0.15, -0.1) is 0 Å². The first-order valence-corrected chi connectivity index (χ1v) is 6.93. The van der Waals surface area contributed by atoms with E-state index in [0.29, 0.717) is 31.4 Å². The van der Waals surface area contributed by atoms with Gasteiger partial charge in [0.2, 0.25) is 11.8 Å². The second-order valence-corrected chi connectivity index (χ2v) is 4.82. The van der Waals surface area contributed by atoms with Crippen molar-refractivity contribution in [2.24, 2.45) is 0 Å². The maximum Gasteiger partial charge on any atom is 0.329 e. The lowest BCUT2D eigenvalue weighted by atomic mass is 10.3. The SMILES string of the molecule is CNc1ncc([N+](=O)[O-])c(N2CCCN(CCO)CC2)n1. The first-order valence-electron chi connectivity index (χ1n) is 6.93. The van der Waals surface area contributed by atoms with E-state index in [1.807, 2.05) is 4.90 Å². The van der Waals surface area contributed by atoms with Gasteiger partial charge in [0, 0.05) is 33.2 Å². The number of hydrogen-bond acceptors (Lipinski definition) is 8. The summed E-state index contributed by atoms with van der Waals surface area (Å²) in [6.07, 6.45) is 2.11. The number of rotatable bonds is 5. The molecule has 1 aromatic heterocycles. The highest BCUT2D eigenvalue weighted by Crippen LogP contribution is 2.26. The molecule has 0 aromatic carbocycles. The topological polar surface area (TPSA) is 108 Å². The zero-order valence-electron chi connectivity index (χ0n) is 12.0. The van der Waals surface area contributed by atoms with E-state index >= 15 is 0 Å². The summed E-state index contributed by atoms with van der Waals surface area (Å²) in [6.45, 7) is 3.70. The van der Waals surface area contributed by atoms with E-state index in [1.165, 1.54) is 6.20 Å². The molecule has 0 atom stereocenters. The average molecular weight is 296 g/mol. The van der Waals surface area contributed by atoms with Crippen molar-refractivity contribution in [2.45, 2.75) is 6.42 Å². The summed E-state index contributed by atoms with van der Waals surface area (Å²) >= 11 is 0. The molecule has 9 heteroatoms. The van der Waals surface area contributed by atoms with Crippen molar-refractivity contribution in [2.75, 3.05) is 56.6 Å². The quantitative estimate of drug-likeness (QED) is 0.574. The zero-order valence-corrected chi connectivity index (χ0v) is 12.0. The van der Waals surface area contributed by atoms with Crippen LogP contribution in [0.2, 0.25) is 0 Å². The Hall–Kier alpha value is -2.00. The third-order valence-electron chi connectivity index (χ3n) is 3.47. The number of nitrogens with zero attached hydrogens (tertiary/aromatic N) is 5. The predicted octanol–water partition coefficient (Wildman–Crippen LogP) is -0.0691. The van der Waals surface area contributed by atoms with Crippen LogP contribution < -0.4 is 10.2 Å². The molecule has 0 amide bonds. The van der Waals surface area contributed by atoms with Crippen LogP contribution in [0.1, 0.15) is 6.42 Å². The highest BCUT2D eigenvalue weighted by Gasteiger charge is 2.24. The minimum atomic E-state index is -0.453. The molecule has 1 aliphatic rings. The van der Waals surface area contributed by atoms with Gasteiger partial charge >= 0.3 is 5.69 Å². The molecule has 9 nitrogen and oxygen atoms in total. The van der Waals surface area contributed by atoms with Crippen molar-refractivity contribution in [3.8, 4) is 0 Å². The molecular formula is C12H20N6O3. The van der Waals surface area contributed by atoms with Gasteiger partial charge in [-0.1, -0.05) is 0 Å². The number of nitro groups is 1. The maximum absolute atomic E-state index is 11.2. The monoisotopic (exact) mass is 296 g/mol. The van der Waals surface area contributed by atoms with E-state index < -0.39 is 4.92 Å². The van der Waals surface area contributed by atoms with Gasteiger partial charge in [0.25, 0.3) is 0 Å². The van der Waals surface area contributed by atoms with E-state index in [2.05, 4.69) is 20.2 Å². The van der Waals surface area contributed by atoms with Gasteiger partial charge in [-0.3, -0.25) is 15.0 Å². The number of nitrogens with one attached hydrogen (secondary N) is 1. The molecule has 1 aliphatic heterocycles. The Morgan fingerprint density at radius 1 is 1.43 bits per heavy atom. The Balaban J connectivity index is 2.21. The summed E-state index contributed by atoms with van der Waals surface area (Å²) in [5, 5.41) is 23.0. The summed E-state index contributed by atoms with van der Waals surface area (Å²) in [4.78, 5) is 22.9. The number of aliphatic hydroxyl groups excluding tert-OH is 1. The van der Waals surface area contributed by atoms with E-state index in [4.69, 9.17) is 5.11 Å². The number of aliphatic hydroxyl groups is 1. The molecule has 0 aliphatic carbocycles. The molecule has 2 N–H and O–H groups in total. The van der Waals surface area contributed by atoms with E-state index in [0.717, 1.165) is 19.5 Å². The second-order valence-electron chi connectivity index (χ2n) is 4.82. The lowest BCUT2D eigenvalue weighted by molar-refractivity contribution is -0.384. The fraction of sp³-hybridized carbons (Fsp3) is 0.667. The number of anilines is 2. The van der Waals surface area contributed by atoms with E-state index in [-0.39, 0.29) is 12.3 Å². The Kier molecular flexibility index (Phi) is 5.23. The van der Waals surface area contributed by atoms with Gasteiger partial charge in [-0.25, -0.2) is 4.98 Å². The molecule has 0 unspecified atom stereocenters. The molecule has 0 saturated carbocycles. The van der Waals surface area contributed by atoms with Crippen molar-refractivity contribution in [1.29, 1.82) is 0 Å². The van der Waals surface area contributed by atoms with Crippen LogP contribution in [0.5, 0.6) is 0 Å². The highest BCUT2D eigenvalue weighted by atomic mass is 16.6. The van der Waals surface area contributed by atoms with Crippen molar-refractivity contribution in [1.82, 2.24) is 14.9 Å². The Morgan fingerprint density at radius 3 is 2.90 bits per heavy atom. The van der Waals surface area contributed by atoms with Gasteiger partial charge in [-0.05, 0) is 13.0 Å². The van der Waals surface area contributed by atoms with Crippen molar-refractivity contribution in [3.63, 3.8) is 0 Å². The van der Waals surface area contributed by atoms with Crippen LogP contribution in [0.4, 0.5) is 17.5 Å². The lowest BCUT2D eigenvalue weighted by Gasteiger charge is -2.22. The fourth-order valence-electron chi connectivity index (χ4n) is 2.40. The molecule has 116 valence electrons. The fourth-order valence-corrected chi connectivity index (χ4v) is 2.40. The Labute approximate surface area is 122 Å². The third kappa shape index (κ3) is 3.76. The first-order chi connectivity index (χ1) is 10.2. The van der Waals surface area contributed by atoms with Crippen LogP contribution in [0.25, 0.3) is 0 Å². The maximum atomic E-state index is 11.2. The standard InChI is InChI=1S/C12H20N6O3/c1-13-12-14-9-10(18(20)21)11(15-12)17-4-2-3-16(5-6-17)7-8-19/h9,19H,2-8H2,1H3,(H,13,14,15). The molecule has 0 radical (unpaired) electrons. The van der Waals surface area contributed by atoms with Crippen molar-refractivity contribution < 1.29 is 10.0 Å². The van der Waals surface area contributed by atoms with Crippen molar-refractivity contribution in [3.05, 3.63) is 16.3 Å². The Morgan fingerprint density at radius 2 is 2.24 bits per heavy atom. The average Bonchev–Trinajstić information content (AvgIpc) is 2.72. The summed E-state index contributed by atoms with van der Waals surface area (Å²) in [5.41, 5.74) is -0.0791. The van der Waals surface area contributed by atoms with Crippen LogP contribution in [0.3, 0.4) is 0 Å². The van der Waals surface area contributed by atoms with Crippen LogP contribution in [0.15, 0.2) is 6.20 Å². The molecule has 1 saturated heterocycles. The van der Waals surface area contributed by atoms with Gasteiger partial charge in [-0.2, -0.15) is 4.98 Å². The number of β-amino-alcohol motifs (C(OH)–C–C–N with tert-alkyl or cyclic N) is 1. The smallest absolute Gasteiger partial charge is 0.329 e. The molecule has 2 rings (SSSR count). The van der Waals surface area contributed by atoms with Crippen LogP contribution >= 0.6 is 0 Å². The molecule has 21 heavy (non-hydrogen) atoms. The molecular weight excluding hydrogens is 276 g/mol. The molecule has 0 bridgehead atoms. The minimum Gasteiger partial charge on any atom is -0.395 e. The van der Waals surface area contributed by atoms with Gasteiger partial charge in [0.05, 0.1) is 11.5 Å². The van der Waals surface area contributed by atoms with E-state index in [1.54, 1.807) is 7.05 Å². The van der Waals surface area contributed by atoms with Crippen LogP contribution in [-0.4, -0.2) is 71.3 Å². The Bertz CT molecular complexity index is 498. The number of hydrogen-bond donors (Lipinski definition) is 2. The highest BCUT2D eigenvalue weighted by molar-refractivity contribution is 5.59. The largest absolute Gasteiger partial charge is 0.395 e. The molecule has 1 fully saturated rings. The summed E-state index contributed by atoms with van der Waals surface area (Å²) in [5.74, 6) is 0.720. The van der Waals surface area contributed by atoms with Crippen LogP contribution in [-0.2, 0) is 0 Å². The van der Waals surface area contributed by atoms with Crippen LogP contribution in [0, 0.1) is 10.1 Å². The van der Waals surface area contributed by atoms with E-state index in [9.17, 15) is 10.1 Å². The first kappa shape index (κ1) is 15.4. The zero-order chi connectivity index (χ0) is 15.2. The third-order valence-corrected chi connectivity index (χ3v) is 3.47. The van der Waals surface area contributed by atoms with Gasteiger partial charge in [0.1, 0.15) is 6.20 Å². The summed E-state index contributed by atoms with van der Waals surface area (Å²) in [7, 11) is 1.68. The van der Waals surface area contributed by atoms with Gasteiger partial charge < -0.3 is 15.3 Å². The summed E-state index contributed by atoms with van der Waals surface area (Å²) < 4.78 is 0.